The SMILES string of the molecule is C[C@@H]1CCCN(C(=O)C(=O)O)C1. The summed E-state index contributed by atoms with van der Waals surface area (Å²) in [5.41, 5.74) is 0. The first-order valence-corrected chi connectivity index (χ1v) is 4.13. The van der Waals surface area contributed by atoms with Crippen LogP contribution in [0.25, 0.3) is 0 Å². The standard InChI is InChI=1S/C8H13NO3/c1-6-3-2-4-9(5-6)7(10)8(11)12/h6H,2-5H2,1H3,(H,11,12)/t6-/m1/s1. The largest absolute Gasteiger partial charge is 0.474 e. The molecule has 0 unspecified atom stereocenters. The summed E-state index contributed by atoms with van der Waals surface area (Å²) in [7, 11) is 0. The van der Waals surface area contributed by atoms with Crippen molar-refractivity contribution in [2.75, 3.05) is 13.1 Å². The third-order valence-corrected chi connectivity index (χ3v) is 2.13. The minimum Gasteiger partial charge on any atom is -0.474 e. The Kier molecular flexibility index (Phi) is 2.68. The zero-order valence-corrected chi connectivity index (χ0v) is 7.12. The molecule has 1 atom stereocenters. The van der Waals surface area contributed by atoms with Crippen LogP contribution in [0.1, 0.15) is 19.8 Å². The molecule has 0 aromatic rings. The maximum absolute atomic E-state index is 11.0. The Balaban J connectivity index is 2.51. The van der Waals surface area contributed by atoms with Crippen LogP contribution in [-0.4, -0.2) is 35.0 Å². The Labute approximate surface area is 71.2 Å². The molecule has 4 nitrogen and oxygen atoms in total. The molecule has 1 aliphatic rings. The van der Waals surface area contributed by atoms with Crippen LogP contribution in [0.4, 0.5) is 0 Å². The highest BCUT2D eigenvalue weighted by atomic mass is 16.4. The molecule has 0 aromatic heterocycles. The normalized spacial score (nSPS) is 23.8. The first-order valence-electron chi connectivity index (χ1n) is 4.13. The van der Waals surface area contributed by atoms with E-state index in [0.29, 0.717) is 19.0 Å². The molecule has 1 aliphatic heterocycles. The molecule has 0 saturated carbocycles. The minimum absolute atomic E-state index is 0.432. The van der Waals surface area contributed by atoms with E-state index < -0.39 is 11.9 Å². The van der Waals surface area contributed by atoms with E-state index in [1.807, 2.05) is 6.92 Å². The highest BCUT2D eigenvalue weighted by molar-refractivity contribution is 6.31. The molecule has 0 spiro atoms. The maximum Gasteiger partial charge on any atom is 0.394 e. The topological polar surface area (TPSA) is 57.6 Å². The van der Waals surface area contributed by atoms with E-state index in [-0.39, 0.29) is 0 Å². The van der Waals surface area contributed by atoms with Gasteiger partial charge < -0.3 is 10.0 Å². The lowest BCUT2D eigenvalue weighted by Gasteiger charge is -2.29. The van der Waals surface area contributed by atoms with Gasteiger partial charge in [0.05, 0.1) is 0 Å². The second kappa shape index (κ2) is 3.56. The molecular weight excluding hydrogens is 158 g/mol. The van der Waals surface area contributed by atoms with Crippen molar-refractivity contribution < 1.29 is 14.7 Å². The zero-order valence-electron chi connectivity index (χ0n) is 7.12. The minimum atomic E-state index is -1.34. The summed E-state index contributed by atoms with van der Waals surface area (Å²) >= 11 is 0. The highest BCUT2D eigenvalue weighted by Gasteiger charge is 2.25. The van der Waals surface area contributed by atoms with E-state index in [1.54, 1.807) is 0 Å². The number of hydrogen-bond donors (Lipinski definition) is 1. The molecule has 0 radical (unpaired) electrons. The van der Waals surface area contributed by atoms with Gasteiger partial charge in [-0.3, -0.25) is 4.79 Å². The molecule has 1 saturated heterocycles. The summed E-state index contributed by atoms with van der Waals surface area (Å²) in [6.45, 7) is 3.21. The van der Waals surface area contributed by atoms with Gasteiger partial charge in [-0.05, 0) is 18.8 Å². The van der Waals surface area contributed by atoms with Gasteiger partial charge in [0.15, 0.2) is 0 Å². The number of carbonyl (C=O) groups excluding carboxylic acids is 1. The number of aliphatic carboxylic acids is 1. The quantitative estimate of drug-likeness (QED) is 0.534. The van der Waals surface area contributed by atoms with E-state index in [0.717, 1.165) is 12.8 Å². The average Bonchev–Trinajstić information content (AvgIpc) is 2.03. The van der Waals surface area contributed by atoms with Crippen LogP contribution >= 0.6 is 0 Å². The highest BCUT2D eigenvalue weighted by Crippen LogP contribution is 2.15. The number of rotatable bonds is 0. The molecule has 68 valence electrons. The third kappa shape index (κ3) is 1.96. The van der Waals surface area contributed by atoms with Gasteiger partial charge >= 0.3 is 11.9 Å². The lowest BCUT2D eigenvalue weighted by atomic mass is 10.0. The molecule has 1 amide bonds. The summed E-state index contributed by atoms with van der Waals surface area (Å²) in [5, 5.41) is 8.43. The Hall–Kier alpha value is -1.06. The fourth-order valence-electron chi connectivity index (χ4n) is 1.51. The van der Waals surface area contributed by atoms with Gasteiger partial charge in [-0.2, -0.15) is 0 Å². The molecule has 1 rings (SSSR count). The fourth-order valence-corrected chi connectivity index (χ4v) is 1.51. The summed E-state index contributed by atoms with van der Waals surface area (Å²) in [6, 6.07) is 0. The molecule has 1 fully saturated rings. The third-order valence-electron chi connectivity index (χ3n) is 2.13. The van der Waals surface area contributed by atoms with Gasteiger partial charge in [-0.1, -0.05) is 6.92 Å². The smallest absolute Gasteiger partial charge is 0.394 e. The maximum atomic E-state index is 11.0. The molecule has 1 heterocycles. The van der Waals surface area contributed by atoms with Crippen molar-refractivity contribution in [2.45, 2.75) is 19.8 Å². The van der Waals surface area contributed by atoms with E-state index >= 15 is 0 Å². The van der Waals surface area contributed by atoms with Crippen LogP contribution in [0.3, 0.4) is 0 Å². The van der Waals surface area contributed by atoms with Crippen LogP contribution in [0, 0.1) is 5.92 Å². The molecule has 0 aliphatic carbocycles. The molecular formula is C8H13NO3. The molecule has 12 heavy (non-hydrogen) atoms. The number of hydrogen-bond acceptors (Lipinski definition) is 2. The van der Waals surface area contributed by atoms with Crippen molar-refractivity contribution in [3.8, 4) is 0 Å². The number of piperidine rings is 1. The predicted molar refractivity (Wildman–Crippen MR) is 42.6 cm³/mol. The summed E-state index contributed by atoms with van der Waals surface area (Å²) in [4.78, 5) is 22.7. The van der Waals surface area contributed by atoms with Gasteiger partial charge in [0.2, 0.25) is 0 Å². The summed E-state index contributed by atoms with van der Waals surface area (Å²) < 4.78 is 0. The van der Waals surface area contributed by atoms with Crippen molar-refractivity contribution in [1.82, 2.24) is 4.90 Å². The van der Waals surface area contributed by atoms with Crippen molar-refractivity contribution in [2.24, 2.45) is 5.92 Å². The Bertz CT molecular complexity index is 202. The number of carbonyl (C=O) groups is 2. The number of nitrogens with zero attached hydrogens (tertiary/aromatic N) is 1. The first-order chi connectivity index (χ1) is 5.61. The van der Waals surface area contributed by atoms with Crippen LogP contribution in [0.2, 0.25) is 0 Å². The van der Waals surface area contributed by atoms with E-state index in [4.69, 9.17) is 5.11 Å². The van der Waals surface area contributed by atoms with Crippen molar-refractivity contribution in [3.63, 3.8) is 0 Å². The van der Waals surface area contributed by atoms with Crippen molar-refractivity contribution in [1.29, 1.82) is 0 Å². The monoisotopic (exact) mass is 171 g/mol. The number of amides is 1. The molecule has 4 heteroatoms. The Morgan fingerprint density at radius 3 is 2.67 bits per heavy atom. The zero-order chi connectivity index (χ0) is 9.14. The Morgan fingerprint density at radius 2 is 2.17 bits per heavy atom. The van der Waals surface area contributed by atoms with Crippen LogP contribution in [-0.2, 0) is 9.59 Å². The second-order valence-corrected chi connectivity index (χ2v) is 3.30. The van der Waals surface area contributed by atoms with Gasteiger partial charge in [-0.15, -0.1) is 0 Å². The number of carboxylic acids is 1. The first kappa shape index (κ1) is 9.03. The lowest BCUT2D eigenvalue weighted by Crippen LogP contribution is -2.42. The van der Waals surface area contributed by atoms with Gasteiger partial charge in [0.1, 0.15) is 0 Å². The summed E-state index contributed by atoms with van der Waals surface area (Å²) in [6.07, 6.45) is 2.00. The van der Waals surface area contributed by atoms with Crippen molar-refractivity contribution >= 4 is 11.9 Å². The van der Waals surface area contributed by atoms with E-state index in [1.165, 1.54) is 4.90 Å². The predicted octanol–water partition coefficient (Wildman–Crippen LogP) is 0.329. The molecule has 0 aromatic carbocycles. The fraction of sp³-hybridized carbons (Fsp3) is 0.750. The van der Waals surface area contributed by atoms with Crippen LogP contribution < -0.4 is 0 Å². The molecule has 0 bridgehead atoms. The number of carboxylic acid groups (broad SMARTS) is 1. The lowest BCUT2D eigenvalue weighted by molar-refractivity contribution is -0.156. The molecule has 1 N–H and O–H groups in total. The number of likely N-dealkylation sites (tertiary alicyclic amines) is 1. The summed E-state index contributed by atoms with van der Waals surface area (Å²) in [5.74, 6) is -1.67. The average molecular weight is 171 g/mol. The van der Waals surface area contributed by atoms with E-state index in [9.17, 15) is 9.59 Å². The van der Waals surface area contributed by atoms with E-state index in [2.05, 4.69) is 0 Å². The second-order valence-electron chi connectivity index (χ2n) is 3.30. The van der Waals surface area contributed by atoms with Crippen LogP contribution in [0.5, 0.6) is 0 Å². The van der Waals surface area contributed by atoms with Gasteiger partial charge in [-0.25, -0.2) is 4.79 Å². The van der Waals surface area contributed by atoms with Crippen LogP contribution in [0.15, 0.2) is 0 Å². The van der Waals surface area contributed by atoms with Gasteiger partial charge in [0.25, 0.3) is 0 Å². The van der Waals surface area contributed by atoms with Crippen molar-refractivity contribution in [3.05, 3.63) is 0 Å². The van der Waals surface area contributed by atoms with Gasteiger partial charge in [0, 0.05) is 13.1 Å². The Morgan fingerprint density at radius 1 is 1.50 bits per heavy atom.